The Morgan fingerprint density at radius 3 is 2.38 bits per heavy atom. The third-order valence-electron chi connectivity index (χ3n) is 4.26. The number of nitrogens with zero attached hydrogens (tertiary/aromatic N) is 1. The predicted octanol–water partition coefficient (Wildman–Crippen LogP) is 2.89. The molecule has 1 fully saturated rings. The second kappa shape index (κ2) is 5.67. The van der Waals surface area contributed by atoms with Crippen LogP contribution in [0.25, 0.3) is 0 Å². The lowest BCUT2D eigenvalue weighted by molar-refractivity contribution is -0.141. The standard InChI is InChI=1S/C13H25NO2/c1-4-11(2)14(3)13(10-12(15)16)8-6-5-7-9-13/h11H,4-10H2,1-3H3,(H,15,16). The smallest absolute Gasteiger partial charge is 0.305 e. The van der Waals surface area contributed by atoms with Crippen LogP contribution in [0.3, 0.4) is 0 Å². The number of hydrogen-bond acceptors (Lipinski definition) is 2. The maximum Gasteiger partial charge on any atom is 0.305 e. The van der Waals surface area contributed by atoms with Gasteiger partial charge < -0.3 is 5.11 Å². The molecule has 1 rings (SSSR count). The molecule has 3 nitrogen and oxygen atoms in total. The summed E-state index contributed by atoms with van der Waals surface area (Å²) in [7, 11) is 2.10. The van der Waals surface area contributed by atoms with Gasteiger partial charge in [0.1, 0.15) is 0 Å². The zero-order chi connectivity index (χ0) is 12.2. The van der Waals surface area contributed by atoms with Crippen LogP contribution in [0, 0.1) is 0 Å². The average Bonchev–Trinajstić information content (AvgIpc) is 2.27. The molecule has 16 heavy (non-hydrogen) atoms. The SMILES string of the molecule is CCC(C)N(C)C1(CC(=O)O)CCCCC1. The lowest BCUT2D eigenvalue weighted by atomic mass is 9.77. The van der Waals surface area contributed by atoms with Crippen molar-refractivity contribution in [3.05, 3.63) is 0 Å². The Hall–Kier alpha value is -0.570. The van der Waals surface area contributed by atoms with Crippen LogP contribution in [0.5, 0.6) is 0 Å². The molecule has 0 aromatic carbocycles. The van der Waals surface area contributed by atoms with E-state index in [9.17, 15) is 4.79 Å². The van der Waals surface area contributed by atoms with Gasteiger partial charge in [0.15, 0.2) is 0 Å². The first kappa shape index (κ1) is 13.5. The van der Waals surface area contributed by atoms with Crippen molar-refractivity contribution < 1.29 is 9.90 Å². The summed E-state index contributed by atoms with van der Waals surface area (Å²) in [5.74, 6) is -0.656. The molecule has 0 saturated heterocycles. The highest BCUT2D eigenvalue weighted by Crippen LogP contribution is 2.37. The van der Waals surface area contributed by atoms with Crippen LogP contribution in [-0.4, -0.2) is 34.6 Å². The molecule has 0 aromatic rings. The Morgan fingerprint density at radius 2 is 1.94 bits per heavy atom. The van der Waals surface area contributed by atoms with Crippen molar-refractivity contribution in [2.24, 2.45) is 0 Å². The van der Waals surface area contributed by atoms with Gasteiger partial charge in [0.2, 0.25) is 0 Å². The molecule has 0 bridgehead atoms. The van der Waals surface area contributed by atoms with Crippen LogP contribution in [0.2, 0.25) is 0 Å². The molecule has 0 spiro atoms. The van der Waals surface area contributed by atoms with E-state index in [0.29, 0.717) is 12.5 Å². The van der Waals surface area contributed by atoms with E-state index in [-0.39, 0.29) is 5.54 Å². The highest BCUT2D eigenvalue weighted by atomic mass is 16.4. The Kier molecular flexibility index (Phi) is 4.78. The van der Waals surface area contributed by atoms with Crippen molar-refractivity contribution in [1.82, 2.24) is 4.90 Å². The monoisotopic (exact) mass is 227 g/mol. The first-order chi connectivity index (χ1) is 7.52. The molecule has 0 amide bonds. The Labute approximate surface area is 98.8 Å². The molecule has 0 aromatic heterocycles. The Balaban J connectivity index is 2.79. The van der Waals surface area contributed by atoms with Gasteiger partial charge in [-0.2, -0.15) is 0 Å². The topological polar surface area (TPSA) is 40.5 Å². The number of hydrogen-bond donors (Lipinski definition) is 1. The van der Waals surface area contributed by atoms with Gasteiger partial charge >= 0.3 is 5.97 Å². The normalized spacial score (nSPS) is 22.0. The van der Waals surface area contributed by atoms with Crippen LogP contribution in [0.1, 0.15) is 58.8 Å². The van der Waals surface area contributed by atoms with Crippen molar-refractivity contribution in [2.75, 3.05) is 7.05 Å². The van der Waals surface area contributed by atoms with Gasteiger partial charge in [-0.3, -0.25) is 9.69 Å². The largest absolute Gasteiger partial charge is 0.481 e. The number of aliphatic carboxylic acids is 1. The van der Waals surface area contributed by atoms with Crippen LogP contribution >= 0.6 is 0 Å². The van der Waals surface area contributed by atoms with Gasteiger partial charge in [0, 0.05) is 11.6 Å². The van der Waals surface area contributed by atoms with Crippen LogP contribution < -0.4 is 0 Å². The van der Waals surface area contributed by atoms with Gasteiger partial charge in [0.25, 0.3) is 0 Å². The van der Waals surface area contributed by atoms with E-state index in [1.165, 1.54) is 19.3 Å². The van der Waals surface area contributed by atoms with E-state index in [1.54, 1.807) is 0 Å². The van der Waals surface area contributed by atoms with Gasteiger partial charge in [-0.25, -0.2) is 0 Å². The van der Waals surface area contributed by atoms with Crippen molar-refractivity contribution in [3.63, 3.8) is 0 Å². The quantitative estimate of drug-likeness (QED) is 0.785. The maximum atomic E-state index is 11.1. The molecule has 94 valence electrons. The number of rotatable bonds is 5. The fraction of sp³-hybridized carbons (Fsp3) is 0.923. The average molecular weight is 227 g/mol. The summed E-state index contributed by atoms with van der Waals surface area (Å²) < 4.78 is 0. The molecule has 1 unspecified atom stereocenters. The fourth-order valence-corrected chi connectivity index (χ4v) is 2.89. The summed E-state index contributed by atoms with van der Waals surface area (Å²) in [4.78, 5) is 13.4. The second-order valence-corrected chi connectivity index (χ2v) is 5.22. The summed E-state index contributed by atoms with van der Waals surface area (Å²) in [5.41, 5.74) is -0.0838. The first-order valence-corrected chi connectivity index (χ1v) is 6.46. The molecule has 1 N–H and O–H groups in total. The van der Waals surface area contributed by atoms with E-state index in [2.05, 4.69) is 25.8 Å². The third-order valence-corrected chi connectivity index (χ3v) is 4.26. The number of carboxylic acids is 1. The summed E-state index contributed by atoms with van der Waals surface area (Å²) in [6, 6.07) is 0.470. The molecule has 1 aliphatic rings. The third kappa shape index (κ3) is 2.97. The summed E-state index contributed by atoms with van der Waals surface area (Å²) in [6.45, 7) is 4.36. The van der Waals surface area contributed by atoms with Crippen LogP contribution in [-0.2, 0) is 4.79 Å². The highest BCUT2D eigenvalue weighted by Gasteiger charge is 2.39. The minimum absolute atomic E-state index is 0.0838. The summed E-state index contributed by atoms with van der Waals surface area (Å²) >= 11 is 0. The van der Waals surface area contributed by atoms with Crippen LogP contribution in [0.4, 0.5) is 0 Å². The van der Waals surface area contributed by atoms with Gasteiger partial charge in [-0.05, 0) is 33.2 Å². The van der Waals surface area contributed by atoms with Crippen LogP contribution in [0.15, 0.2) is 0 Å². The van der Waals surface area contributed by atoms with Crippen molar-refractivity contribution >= 4 is 5.97 Å². The minimum atomic E-state index is -0.656. The number of carbonyl (C=O) groups is 1. The summed E-state index contributed by atoms with van der Waals surface area (Å²) in [6.07, 6.45) is 7.07. The molecule has 0 radical (unpaired) electrons. The zero-order valence-electron chi connectivity index (χ0n) is 10.8. The fourth-order valence-electron chi connectivity index (χ4n) is 2.89. The van der Waals surface area contributed by atoms with E-state index in [0.717, 1.165) is 19.3 Å². The van der Waals surface area contributed by atoms with Crippen molar-refractivity contribution in [2.45, 2.75) is 70.4 Å². The van der Waals surface area contributed by atoms with Gasteiger partial charge in [-0.15, -0.1) is 0 Å². The van der Waals surface area contributed by atoms with E-state index in [4.69, 9.17) is 5.11 Å². The van der Waals surface area contributed by atoms with Crippen molar-refractivity contribution in [1.29, 1.82) is 0 Å². The molecule has 0 aliphatic heterocycles. The highest BCUT2D eigenvalue weighted by molar-refractivity contribution is 5.68. The zero-order valence-corrected chi connectivity index (χ0v) is 10.8. The molecule has 1 aliphatic carbocycles. The molecular formula is C13H25NO2. The van der Waals surface area contributed by atoms with Gasteiger partial charge in [-0.1, -0.05) is 26.2 Å². The molecule has 3 heteroatoms. The molecule has 1 atom stereocenters. The van der Waals surface area contributed by atoms with E-state index >= 15 is 0 Å². The summed E-state index contributed by atoms with van der Waals surface area (Å²) in [5, 5.41) is 9.11. The Bertz CT molecular complexity index is 234. The molecule has 0 heterocycles. The lowest BCUT2D eigenvalue weighted by Crippen LogP contribution is -2.52. The van der Waals surface area contributed by atoms with Gasteiger partial charge in [0.05, 0.1) is 6.42 Å². The van der Waals surface area contributed by atoms with E-state index < -0.39 is 5.97 Å². The number of carboxylic acid groups (broad SMARTS) is 1. The second-order valence-electron chi connectivity index (χ2n) is 5.22. The maximum absolute atomic E-state index is 11.1. The lowest BCUT2D eigenvalue weighted by Gasteiger charge is -2.46. The Morgan fingerprint density at radius 1 is 1.38 bits per heavy atom. The van der Waals surface area contributed by atoms with E-state index in [1.807, 2.05) is 0 Å². The molecular weight excluding hydrogens is 202 g/mol. The minimum Gasteiger partial charge on any atom is -0.481 e. The first-order valence-electron chi connectivity index (χ1n) is 6.46. The molecule has 1 saturated carbocycles. The predicted molar refractivity (Wildman–Crippen MR) is 65.6 cm³/mol. The van der Waals surface area contributed by atoms with Crippen molar-refractivity contribution in [3.8, 4) is 0 Å².